The van der Waals surface area contributed by atoms with Crippen molar-refractivity contribution in [2.24, 2.45) is 0 Å². The number of fused-ring (bicyclic) bond motifs is 1. The molecule has 0 saturated heterocycles. The number of aromatic nitrogens is 2. The van der Waals surface area contributed by atoms with Crippen LogP contribution in [0.15, 0.2) is 80.9 Å². The first-order valence-electron chi connectivity index (χ1n) is 9.49. The van der Waals surface area contributed by atoms with E-state index in [4.69, 9.17) is 4.42 Å². The second-order valence-corrected chi connectivity index (χ2v) is 6.66. The minimum absolute atomic E-state index is 0.186. The van der Waals surface area contributed by atoms with E-state index >= 15 is 0 Å². The molecule has 0 unspecified atom stereocenters. The first kappa shape index (κ1) is 19.9. The molecule has 156 valence electrons. The van der Waals surface area contributed by atoms with Crippen LogP contribution in [0.2, 0.25) is 0 Å². The Balaban J connectivity index is 1.47. The number of furan rings is 1. The van der Waals surface area contributed by atoms with Crippen LogP contribution >= 0.6 is 0 Å². The number of hydrogen-bond donors (Lipinski definition) is 3. The first-order chi connectivity index (χ1) is 15.0. The minimum atomic E-state index is -0.595. The Bertz CT molecular complexity index is 1350. The highest BCUT2D eigenvalue weighted by molar-refractivity contribution is 5.97. The predicted octanol–water partition coefficient (Wildman–Crippen LogP) is 1.43. The number of amides is 2. The SMILES string of the molecule is O=C(NCCNC(=O)c1ccco1)c1ccc2c(=O)n(-c3ccccc3)c(=O)[nH]c2c1. The second-order valence-electron chi connectivity index (χ2n) is 6.66. The molecule has 0 aliphatic carbocycles. The van der Waals surface area contributed by atoms with Gasteiger partial charge in [0, 0.05) is 18.7 Å². The first-order valence-corrected chi connectivity index (χ1v) is 9.49. The Morgan fingerprint density at radius 1 is 0.903 bits per heavy atom. The minimum Gasteiger partial charge on any atom is -0.459 e. The van der Waals surface area contributed by atoms with Crippen LogP contribution in [0.4, 0.5) is 0 Å². The summed E-state index contributed by atoms with van der Waals surface area (Å²) in [5.74, 6) is -0.592. The zero-order valence-electron chi connectivity index (χ0n) is 16.3. The Kier molecular flexibility index (Phi) is 5.48. The number of aromatic amines is 1. The number of carbonyl (C=O) groups excluding carboxylic acids is 2. The van der Waals surface area contributed by atoms with Crippen molar-refractivity contribution in [2.45, 2.75) is 0 Å². The topological polar surface area (TPSA) is 126 Å². The van der Waals surface area contributed by atoms with Gasteiger partial charge in [-0.3, -0.25) is 14.4 Å². The van der Waals surface area contributed by atoms with E-state index in [2.05, 4.69) is 15.6 Å². The summed E-state index contributed by atoms with van der Waals surface area (Å²) < 4.78 is 6.03. The summed E-state index contributed by atoms with van der Waals surface area (Å²) in [5.41, 5.74) is -0.0770. The van der Waals surface area contributed by atoms with E-state index in [1.807, 2.05) is 0 Å². The summed E-state index contributed by atoms with van der Waals surface area (Å²) in [7, 11) is 0. The third kappa shape index (κ3) is 4.15. The number of para-hydroxylation sites is 1. The lowest BCUT2D eigenvalue weighted by molar-refractivity contribution is 0.0910. The zero-order valence-corrected chi connectivity index (χ0v) is 16.3. The number of carbonyl (C=O) groups is 2. The highest BCUT2D eigenvalue weighted by Gasteiger charge is 2.13. The van der Waals surface area contributed by atoms with Gasteiger partial charge in [0.1, 0.15) is 0 Å². The number of nitrogens with zero attached hydrogens (tertiary/aromatic N) is 1. The molecule has 0 spiro atoms. The maximum absolute atomic E-state index is 12.8. The maximum Gasteiger partial charge on any atom is 0.333 e. The van der Waals surface area contributed by atoms with E-state index < -0.39 is 17.2 Å². The van der Waals surface area contributed by atoms with Gasteiger partial charge in [0.05, 0.1) is 22.9 Å². The van der Waals surface area contributed by atoms with Crippen LogP contribution in [0.1, 0.15) is 20.9 Å². The van der Waals surface area contributed by atoms with Gasteiger partial charge in [-0.25, -0.2) is 9.36 Å². The lowest BCUT2D eigenvalue weighted by Gasteiger charge is -2.09. The molecule has 2 heterocycles. The zero-order chi connectivity index (χ0) is 21.8. The number of H-pyrrole nitrogens is 1. The largest absolute Gasteiger partial charge is 0.459 e. The van der Waals surface area contributed by atoms with Gasteiger partial charge in [0.25, 0.3) is 17.4 Å². The molecule has 0 radical (unpaired) electrons. The molecule has 0 fully saturated rings. The number of hydrogen-bond acceptors (Lipinski definition) is 5. The van der Waals surface area contributed by atoms with Crippen molar-refractivity contribution in [3.05, 3.63) is 99.1 Å². The Morgan fingerprint density at radius 2 is 1.65 bits per heavy atom. The molecule has 9 nitrogen and oxygen atoms in total. The Labute approximate surface area is 175 Å². The number of nitrogens with one attached hydrogen (secondary N) is 3. The summed E-state index contributed by atoms with van der Waals surface area (Å²) in [4.78, 5) is 52.1. The van der Waals surface area contributed by atoms with Gasteiger partial charge >= 0.3 is 5.69 Å². The van der Waals surface area contributed by atoms with E-state index in [1.54, 1.807) is 36.4 Å². The van der Waals surface area contributed by atoms with Crippen LogP contribution in [0.5, 0.6) is 0 Å². The van der Waals surface area contributed by atoms with Gasteiger partial charge in [0.15, 0.2) is 5.76 Å². The number of benzene rings is 2. The molecule has 0 saturated carbocycles. The van der Waals surface area contributed by atoms with Crippen molar-refractivity contribution in [2.75, 3.05) is 13.1 Å². The third-order valence-corrected chi connectivity index (χ3v) is 4.62. The quantitative estimate of drug-likeness (QED) is 0.409. The highest BCUT2D eigenvalue weighted by atomic mass is 16.3. The monoisotopic (exact) mass is 418 g/mol. The normalized spacial score (nSPS) is 10.7. The van der Waals surface area contributed by atoms with Crippen LogP contribution in [0.25, 0.3) is 16.6 Å². The van der Waals surface area contributed by atoms with Crippen molar-refractivity contribution in [3.63, 3.8) is 0 Å². The second kappa shape index (κ2) is 8.54. The molecule has 4 rings (SSSR count). The average Bonchev–Trinajstić information content (AvgIpc) is 3.32. The molecule has 2 aromatic carbocycles. The van der Waals surface area contributed by atoms with Crippen molar-refractivity contribution in [3.8, 4) is 5.69 Å². The Hall–Kier alpha value is -4.40. The van der Waals surface area contributed by atoms with Gasteiger partial charge < -0.3 is 20.0 Å². The van der Waals surface area contributed by atoms with Crippen LogP contribution in [-0.4, -0.2) is 34.5 Å². The van der Waals surface area contributed by atoms with E-state index in [1.165, 1.54) is 30.5 Å². The van der Waals surface area contributed by atoms with Gasteiger partial charge in [-0.15, -0.1) is 0 Å². The smallest absolute Gasteiger partial charge is 0.333 e. The van der Waals surface area contributed by atoms with Crippen molar-refractivity contribution >= 4 is 22.7 Å². The molecule has 3 N–H and O–H groups in total. The maximum atomic E-state index is 12.8. The molecular formula is C22H18N4O5. The predicted molar refractivity (Wildman–Crippen MR) is 114 cm³/mol. The van der Waals surface area contributed by atoms with Crippen LogP contribution in [0.3, 0.4) is 0 Å². The number of rotatable bonds is 6. The fourth-order valence-electron chi connectivity index (χ4n) is 3.12. The highest BCUT2D eigenvalue weighted by Crippen LogP contribution is 2.10. The molecule has 0 bridgehead atoms. The van der Waals surface area contributed by atoms with Crippen LogP contribution < -0.4 is 21.9 Å². The summed E-state index contributed by atoms with van der Waals surface area (Å²) >= 11 is 0. The van der Waals surface area contributed by atoms with Gasteiger partial charge in [-0.1, -0.05) is 18.2 Å². The van der Waals surface area contributed by atoms with Crippen molar-refractivity contribution in [1.82, 2.24) is 20.2 Å². The summed E-state index contributed by atoms with van der Waals surface area (Å²) in [6.45, 7) is 0.396. The lowest BCUT2D eigenvalue weighted by atomic mass is 10.1. The molecule has 2 aromatic heterocycles. The molecule has 4 aromatic rings. The molecule has 9 heteroatoms. The van der Waals surface area contributed by atoms with E-state index in [-0.39, 0.29) is 41.2 Å². The van der Waals surface area contributed by atoms with Gasteiger partial charge in [-0.05, 0) is 42.5 Å². The average molecular weight is 418 g/mol. The van der Waals surface area contributed by atoms with E-state index in [0.717, 1.165) is 4.57 Å². The van der Waals surface area contributed by atoms with Gasteiger partial charge in [-0.2, -0.15) is 0 Å². The van der Waals surface area contributed by atoms with E-state index in [9.17, 15) is 19.2 Å². The van der Waals surface area contributed by atoms with Gasteiger partial charge in [0.2, 0.25) is 0 Å². The standard InChI is InChI=1S/C22H18N4O5/c27-19(23-10-11-24-20(28)18-7-4-12-31-18)14-8-9-16-17(13-14)25-22(30)26(21(16)29)15-5-2-1-3-6-15/h1-9,12-13H,10-11H2,(H,23,27)(H,24,28)(H,25,30). The van der Waals surface area contributed by atoms with Crippen LogP contribution in [0, 0.1) is 0 Å². The third-order valence-electron chi connectivity index (χ3n) is 4.62. The molecule has 0 atom stereocenters. The summed E-state index contributed by atoms with van der Waals surface area (Å²) in [6, 6.07) is 16.2. The Morgan fingerprint density at radius 3 is 2.35 bits per heavy atom. The summed E-state index contributed by atoms with van der Waals surface area (Å²) in [5, 5.41) is 5.57. The van der Waals surface area contributed by atoms with Crippen LogP contribution in [-0.2, 0) is 0 Å². The molecular weight excluding hydrogens is 400 g/mol. The van der Waals surface area contributed by atoms with Crippen molar-refractivity contribution in [1.29, 1.82) is 0 Å². The lowest BCUT2D eigenvalue weighted by Crippen LogP contribution is -2.35. The fraction of sp³-hybridized carbons (Fsp3) is 0.0909. The molecule has 2 amide bonds. The summed E-state index contributed by atoms with van der Waals surface area (Å²) in [6.07, 6.45) is 1.40. The molecule has 0 aliphatic rings. The van der Waals surface area contributed by atoms with E-state index in [0.29, 0.717) is 5.69 Å². The molecule has 31 heavy (non-hydrogen) atoms. The fourth-order valence-corrected chi connectivity index (χ4v) is 3.12. The van der Waals surface area contributed by atoms with Crippen molar-refractivity contribution < 1.29 is 14.0 Å². The molecule has 0 aliphatic heterocycles.